The van der Waals surface area contributed by atoms with Gasteiger partial charge >= 0.3 is 6.09 Å². The molecule has 2 atom stereocenters. The van der Waals surface area contributed by atoms with Crippen LogP contribution < -0.4 is 25.8 Å². The van der Waals surface area contributed by atoms with E-state index in [4.69, 9.17) is 20.3 Å². The highest BCUT2D eigenvalue weighted by Crippen LogP contribution is 2.27. The zero-order valence-corrected chi connectivity index (χ0v) is 19.7. The second-order valence-electron chi connectivity index (χ2n) is 7.67. The molecule has 1 aromatic rings. The number of ether oxygens (including phenoxy) is 2. The summed E-state index contributed by atoms with van der Waals surface area (Å²) in [6.45, 7) is 9.98. The Hall–Kier alpha value is -2.97. The van der Waals surface area contributed by atoms with Crippen LogP contribution in [0.4, 0.5) is 4.79 Å². The lowest BCUT2D eigenvalue weighted by Crippen LogP contribution is -2.38. The summed E-state index contributed by atoms with van der Waals surface area (Å²) < 4.78 is 10.4. The van der Waals surface area contributed by atoms with Crippen LogP contribution in [0, 0.1) is 5.92 Å². The first kappa shape index (κ1) is 28.0. The smallest absolute Gasteiger partial charge is 0.404 e. The highest BCUT2D eigenvalue weighted by atomic mass is 16.5. The number of carbonyl (C=O) groups excluding carboxylic acids is 1. The Labute approximate surface area is 185 Å². The molecule has 176 valence electrons. The predicted octanol–water partition coefficient (Wildman–Crippen LogP) is 3.16. The average Bonchev–Trinajstić information content (AvgIpc) is 2.66. The molecule has 0 spiro atoms. The molecule has 0 saturated heterocycles. The first-order valence-electron chi connectivity index (χ1n) is 10.4. The first-order valence-corrected chi connectivity index (χ1v) is 10.4. The Morgan fingerprint density at radius 1 is 1.13 bits per heavy atom. The Balaban J connectivity index is 0.000000954. The van der Waals surface area contributed by atoms with Crippen LogP contribution in [0.3, 0.4) is 0 Å². The summed E-state index contributed by atoms with van der Waals surface area (Å²) in [4.78, 5) is 26.2. The van der Waals surface area contributed by atoms with Gasteiger partial charge in [0.15, 0.2) is 17.5 Å². The van der Waals surface area contributed by atoms with E-state index in [1.54, 1.807) is 26.4 Å². The van der Waals surface area contributed by atoms with Gasteiger partial charge in [-0.3, -0.25) is 15.1 Å². The summed E-state index contributed by atoms with van der Waals surface area (Å²) in [5.41, 5.74) is 6.59. The predicted molar refractivity (Wildman–Crippen MR) is 123 cm³/mol. The highest BCUT2D eigenvalue weighted by molar-refractivity contribution is 5.97. The van der Waals surface area contributed by atoms with Crippen LogP contribution >= 0.6 is 0 Å². The summed E-state index contributed by atoms with van der Waals surface area (Å²) in [5.74, 6) is 1.69. The minimum absolute atomic E-state index is 0.0764. The van der Waals surface area contributed by atoms with Crippen LogP contribution in [-0.4, -0.2) is 49.4 Å². The normalized spacial score (nSPS) is 12.8. The van der Waals surface area contributed by atoms with E-state index >= 15 is 0 Å². The van der Waals surface area contributed by atoms with E-state index in [2.05, 4.69) is 29.5 Å². The first-order chi connectivity index (χ1) is 14.5. The third-order valence-electron chi connectivity index (χ3n) is 4.23. The van der Waals surface area contributed by atoms with E-state index in [-0.39, 0.29) is 30.4 Å². The zero-order valence-electron chi connectivity index (χ0n) is 19.7. The van der Waals surface area contributed by atoms with Gasteiger partial charge < -0.3 is 25.6 Å². The number of hydrogen-bond donors (Lipinski definition) is 4. The molecule has 0 fully saturated rings. The minimum Gasteiger partial charge on any atom is -0.493 e. The summed E-state index contributed by atoms with van der Waals surface area (Å²) in [6, 6.07) is 5.51. The van der Waals surface area contributed by atoms with E-state index in [9.17, 15) is 9.59 Å². The van der Waals surface area contributed by atoms with Gasteiger partial charge in [-0.2, -0.15) is 0 Å². The van der Waals surface area contributed by atoms with Crippen LogP contribution in [0.2, 0.25) is 0 Å². The zero-order chi connectivity index (χ0) is 24.0. The SMILES string of the molecule is CC[C@@H](C)NC(=O)O.COc1ccc(CC(=O)NC(N)=N[C@H](C)CC(C)C)cc1OC. The summed E-state index contributed by atoms with van der Waals surface area (Å²) in [7, 11) is 3.13. The molecule has 0 radical (unpaired) electrons. The fraction of sp³-hybridized carbons (Fsp3) is 0.591. The van der Waals surface area contributed by atoms with E-state index < -0.39 is 6.09 Å². The number of aliphatic imine (C=N–C) groups is 1. The number of amides is 2. The van der Waals surface area contributed by atoms with Gasteiger partial charge in [0.1, 0.15) is 0 Å². The number of carbonyl (C=O) groups is 2. The molecule has 0 aliphatic heterocycles. The van der Waals surface area contributed by atoms with Gasteiger partial charge in [0.25, 0.3) is 0 Å². The maximum Gasteiger partial charge on any atom is 0.404 e. The molecular formula is C22H38N4O5. The molecule has 31 heavy (non-hydrogen) atoms. The summed E-state index contributed by atoms with van der Waals surface area (Å²) in [6.07, 6.45) is 1.01. The van der Waals surface area contributed by atoms with Crippen molar-refractivity contribution in [1.82, 2.24) is 10.6 Å². The number of benzene rings is 1. The minimum atomic E-state index is -0.945. The third-order valence-corrected chi connectivity index (χ3v) is 4.23. The average molecular weight is 439 g/mol. The maximum absolute atomic E-state index is 12.0. The lowest BCUT2D eigenvalue weighted by atomic mass is 10.1. The van der Waals surface area contributed by atoms with Crippen molar-refractivity contribution in [2.75, 3.05) is 14.2 Å². The van der Waals surface area contributed by atoms with Gasteiger partial charge in [0.05, 0.1) is 26.7 Å². The van der Waals surface area contributed by atoms with Crippen LogP contribution in [0.25, 0.3) is 0 Å². The number of methoxy groups -OCH3 is 2. The summed E-state index contributed by atoms with van der Waals surface area (Å²) in [5, 5.41) is 13.0. The number of rotatable bonds is 9. The van der Waals surface area contributed by atoms with E-state index in [1.165, 1.54) is 0 Å². The van der Waals surface area contributed by atoms with Crippen molar-refractivity contribution in [2.24, 2.45) is 16.6 Å². The van der Waals surface area contributed by atoms with Gasteiger partial charge in [-0.15, -0.1) is 0 Å². The largest absolute Gasteiger partial charge is 0.493 e. The quantitative estimate of drug-likeness (QED) is 0.345. The van der Waals surface area contributed by atoms with Gasteiger partial charge in [-0.05, 0) is 50.3 Å². The molecule has 0 unspecified atom stereocenters. The van der Waals surface area contributed by atoms with Crippen molar-refractivity contribution < 1.29 is 24.2 Å². The molecule has 1 rings (SSSR count). The molecule has 9 nitrogen and oxygen atoms in total. The number of hydrogen-bond acceptors (Lipinski definition) is 5. The van der Waals surface area contributed by atoms with Gasteiger partial charge in [0.2, 0.25) is 5.91 Å². The van der Waals surface area contributed by atoms with Crippen LogP contribution in [-0.2, 0) is 11.2 Å². The van der Waals surface area contributed by atoms with Crippen LogP contribution in [0.5, 0.6) is 11.5 Å². The van der Waals surface area contributed by atoms with Gasteiger partial charge in [0, 0.05) is 6.04 Å². The maximum atomic E-state index is 12.0. The number of nitrogens with one attached hydrogen (secondary N) is 2. The van der Waals surface area contributed by atoms with Crippen molar-refractivity contribution >= 4 is 18.0 Å². The van der Waals surface area contributed by atoms with E-state index in [1.807, 2.05) is 26.8 Å². The molecule has 0 saturated carbocycles. The Bertz CT molecular complexity index is 722. The van der Waals surface area contributed by atoms with Crippen molar-refractivity contribution in [3.05, 3.63) is 23.8 Å². The molecule has 0 bridgehead atoms. The molecule has 1 aromatic carbocycles. The van der Waals surface area contributed by atoms with E-state index in [0.717, 1.165) is 18.4 Å². The molecule has 0 heterocycles. The van der Waals surface area contributed by atoms with Crippen molar-refractivity contribution in [2.45, 2.75) is 66.0 Å². The Morgan fingerprint density at radius 3 is 2.19 bits per heavy atom. The summed E-state index contributed by atoms with van der Waals surface area (Å²) >= 11 is 0. The Morgan fingerprint density at radius 2 is 1.74 bits per heavy atom. The third kappa shape index (κ3) is 13.0. The fourth-order valence-electron chi connectivity index (χ4n) is 2.68. The standard InChI is InChI=1S/C17H27N3O3.C5H11NO2/c1-11(2)8-12(3)19-17(18)20-16(21)10-13-6-7-14(22-4)15(9-13)23-5;1-3-4(2)6-5(7)8/h6-7,9,11-12H,8,10H2,1-5H3,(H3,18,19,20,21);4,6H,3H2,1-2H3,(H,7,8)/t12-;4-/m11/s1. The monoisotopic (exact) mass is 438 g/mol. The molecule has 0 aliphatic rings. The molecule has 0 aliphatic carbocycles. The molecular weight excluding hydrogens is 400 g/mol. The van der Waals surface area contributed by atoms with Crippen molar-refractivity contribution in [1.29, 1.82) is 0 Å². The molecule has 0 aromatic heterocycles. The topological polar surface area (TPSA) is 135 Å². The number of guanidine groups is 1. The number of nitrogens with two attached hydrogens (primary N) is 1. The lowest BCUT2D eigenvalue weighted by molar-refractivity contribution is -0.119. The second kappa shape index (κ2) is 14.9. The number of carboxylic acid groups (broad SMARTS) is 1. The molecule has 5 N–H and O–H groups in total. The van der Waals surface area contributed by atoms with Crippen molar-refractivity contribution in [3.63, 3.8) is 0 Å². The molecule has 9 heteroatoms. The Kier molecular flexibility index (Phi) is 13.5. The highest BCUT2D eigenvalue weighted by Gasteiger charge is 2.10. The van der Waals surface area contributed by atoms with Crippen LogP contribution in [0.15, 0.2) is 23.2 Å². The van der Waals surface area contributed by atoms with E-state index in [0.29, 0.717) is 17.4 Å². The second-order valence-corrected chi connectivity index (χ2v) is 7.67. The fourth-order valence-corrected chi connectivity index (χ4v) is 2.68. The van der Waals surface area contributed by atoms with Crippen molar-refractivity contribution in [3.8, 4) is 11.5 Å². The molecule has 2 amide bonds. The van der Waals surface area contributed by atoms with Gasteiger partial charge in [-0.1, -0.05) is 26.8 Å². The number of nitrogens with zero attached hydrogens (tertiary/aromatic N) is 1. The van der Waals surface area contributed by atoms with Crippen LogP contribution in [0.1, 0.15) is 53.0 Å². The van der Waals surface area contributed by atoms with Gasteiger partial charge in [-0.25, -0.2) is 4.79 Å². The lowest BCUT2D eigenvalue weighted by Gasteiger charge is -2.12.